The van der Waals surface area contributed by atoms with Crippen molar-refractivity contribution in [1.29, 1.82) is 0 Å². The first-order valence-corrected chi connectivity index (χ1v) is 8.12. The van der Waals surface area contributed by atoms with Gasteiger partial charge in [-0.15, -0.1) is 0 Å². The average molecular weight is 308 g/mol. The molecule has 4 nitrogen and oxygen atoms in total. The molecular formula is C19H20N2O2. The molecule has 0 heterocycles. The number of benzene rings is 2. The number of nitro groups is 1. The number of nitro benzene ring substituents is 1. The lowest BCUT2D eigenvalue weighted by atomic mass is 9.94. The molecule has 0 unspecified atom stereocenters. The topological polar surface area (TPSA) is 55.5 Å². The third kappa shape index (κ3) is 3.83. The molecule has 2 aromatic carbocycles. The highest BCUT2D eigenvalue weighted by molar-refractivity contribution is 6.13. The second kappa shape index (κ2) is 7.18. The number of nitrogens with zero attached hydrogens (tertiary/aromatic N) is 2. The molecule has 3 rings (SSSR count). The highest BCUT2D eigenvalue weighted by Gasteiger charge is 2.16. The maximum Gasteiger partial charge on any atom is 0.269 e. The van der Waals surface area contributed by atoms with E-state index in [4.69, 9.17) is 4.99 Å². The van der Waals surface area contributed by atoms with E-state index in [1.54, 1.807) is 24.3 Å². The van der Waals surface area contributed by atoms with Crippen molar-refractivity contribution in [2.75, 3.05) is 0 Å². The summed E-state index contributed by atoms with van der Waals surface area (Å²) < 4.78 is 0. The lowest BCUT2D eigenvalue weighted by Crippen LogP contribution is -2.14. The number of hydrogen-bond acceptors (Lipinski definition) is 3. The average Bonchev–Trinajstić information content (AvgIpc) is 2.61. The maximum atomic E-state index is 10.8. The van der Waals surface area contributed by atoms with Crippen LogP contribution in [0.4, 0.5) is 5.69 Å². The Bertz CT molecular complexity index is 687. The Morgan fingerprint density at radius 1 is 0.913 bits per heavy atom. The number of non-ortho nitro benzene ring substituents is 1. The van der Waals surface area contributed by atoms with Gasteiger partial charge in [-0.3, -0.25) is 15.1 Å². The van der Waals surface area contributed by atoms with E-state index >= 15 is 0 Å². The third-order valence-electron chi connectivity index (χ3n) is 4.29. The van der Waals surface area contributed by atoms with Gasteiger partial charge < -0.3 is 0 Å². The summed E-state index contributed by atoms with van der Waals surface area (Å²) in [7, 11) is 0. The molecule has 0 aromatic heterocycles. The highest BCUT2D eigenvalue weighted by atomic mass is 16.6. The molecule has 0 bridgehead atoms. The van der Waals surface area contributed by atoms with Crippen LogP contribution in [0.15, 0.2) is 59.6 Å². The van der Waals surface area contributed by atoms with Crippen molar-refractivity contribution >= 4 is 11.4 Å². The molecule has 0 spiro atoms. The Balaban J connectivity index is 1.97. The van der Waals surface area contributed by atoms with Gasteiger partial charge in [0.15, 0.2) is 0 Å². The fraction of sp³-hybridized carbons (Fsp3) is 0.316. The predicted molar refractivity (Wildman–Crippen MR) is 92.1 cm³/mol. The summed E-state index contributed by atoms with van der Waals surface area (Å²) in [6.45, 7) is 0. The molecule has 1 aliphatic carbocycles. The van der Waals surface area contributed by atoms with Crippen molar-refractivity contribution in [1.82, 2.24) is 0 Å². The minimum Gasteiger partial charge on any atom is -0.281 e. The van der Waals surface area contributed by atoms with Crippen molar-refractivity contribution in [3.8, 4) is 0 Å². The number of rotatable bonds is 4. The van der Waals surface area contributed by atoms with Crippen LogP contribution in [-0.2, 0) is 0 Å². The summed E-state index contributed by atoms with van der Waals surface area (Å²) in [6, 6.07) is 17.1. The van der Waals surface area contributed by atoms with Crippen LogP contribution in [-0.4, -0.2) is 16.7 Å². The fourth-order valence-corrected chi connectivity index (χ4v) is 3.05. The highest BCUT2D eigenvalue weighted by Crippen LogP contribution is 2.23. The molecular weight excluding hydrogens is 288 g/mol. The van der Waals surface area contributed by atoms with Crippen molar-refractivity contribution in [3.05, 3.63) is 75.8 Å². The van der Waals surface area contributed by atoms with Crippen molar-refractivity contribution < 1.29 is 4.92 Å². The summed E-state index contributed by atoms with van der Waals surface area (Å²) in [5, 5.41) is 10.8. The zero-order valence-corrected chi connectivity index (χ0v) is 13.0. The van der Waals surface area contributed by atoms with Crippen LogP contribution in [0.2, 0.25) is 0 Å². The second-order valence-corrected chi connectivity index (χ2v) is 5.94. The Labute approximate surface area is 136 Å². The monoisotopic (exact) mass is 308 g/mol. The van der Waals surface area contributed by atoms with Crippen molar-refractivity contribution in [2.45, 2.75) is 38.1 Å². The normalized spacial score (nSPS) is 16.3. The molecule has 0 saturated heterocycles. The predicted octanol–water partition coefficient (Wildman–Crippen LogP) is 4.76. The number of aliphatic imine (C=N–C) groups is 1. The van der Waals surface area contributed by atoms with E-state index in [9.17, 15) is 10.1 Å². The molecule has 0 aliphatic heterocycles. The van der Waals surface area contributed by atoms with E-state index in [-0.39, 0.29) is 10.6 Å². The first kappa shape index (κ1) is 15.4. The van der Waals surface area contributed by atoms with Gasteiger partial charge in [-0.2, -0.15) is 0 Å². The van der Waals surface area contributed by atoms with Crippen molar-refractivity contribution in [2.24, 2.45) is 4.99 Å². The summed E-state index contributed by atoms with van der Waals surface area (Å²) in [4.78, 5) is 15.5. The minimum atomic E-state index is -0.371. The van der Waals surface area contributed by atoms with Gasteiger partial charge in [-0.05, 0) is 25.0 Å². The molecule has 0 N–H and O–H groups in total. The molecule has 23 heavy (non-hydrogen) atoms. The molecule has 4 heteroatoms. The van der Waals surface area contributed by atoms with Crippen LogP contribution in [0.3, 0.4) is 0 Å². The second-order valence-electron chi connectivity index (χ2n) is 5.94. The minimum absolute atomic E-state index is 0.110. The first-order chi connectivity index (χ1) is 11.2. The molecule has 0 radical (unpaired) electrons. The van der Waals surface area contributed by atoms with Gasteiger partial charge in [0.1, 0.15) is 0 Å². The summed E-state index contributed by atoms with van der Waals surface area (Å²) >= 11 is 0. The molecule has 2 aromatic rings. The zero-order valence-electron chi connectivity index (χ0n) is 13.0. The number of hydrogen-bond donors (Lipinski definition) is 0. The van der Waals surface area contributed by atoms with Gasteiger partial charge in [0.05, 0.1) is 16.7 Å². The van der Waals surface area contributed by atoms with Gasteiger partial charge in [0.2, 0.25) is 0 Å². The lowest BCUT2D eigenvalue weighted by Gasteiger charge is -2.19. The zero-order chi connectivity index (χ0) is 16.1. The van der Waals surface area contributed by atoms with Crippen LogP contribution in [0.5, 0.6) is 0 Å². The molecule has 0 amide bonds. The van der Waals surface area contributed by atoms with Gasteiger partial charge in [-0.1, -0.05) is 49.6 Å². The van der Waals surface area contributed by atoms with E-state index in [0.29, 0.717) is 6.04 Å². The van der Waals surface area contributed by atoms with Crippen molar-refractivity contribution in [3.63, 3.8) is 0 Å². The van der Waals surface area contributed by atoms with E-state index in [2.05, 4.69) is 0 Å². The Morgan fingerprint density at radius 3 is 2.13 bits per heavy atom. The fourth-order valence-electron chi connectivity index (χ4n) is 3.05. The molecule has 1 aliphatic rings. The van der Waals surface area contributed by atoms with Crippen LogP contribution in [0.25, 0.3) is 0 Å². The van der Waals surface area contributed by atoms with Crippen LogP contribution < -0.4 is 0 Å². The SMILES string of the molecule is O=[N+]([O-])c1ccc(C(=NC2CCCCC2)c2ccccc2)cc1. The Morgan fingerprint density at radius 2 is 1.52 bits per heavy atom. The summed E-state index contributed by atoms with van der Waals surface area (Å²) in [5.74, 6) is 0. The quantitative estimate of drug-likeness (QED) is 0.464. The summed E-state index contributed by atoms with van der Waals surface area (Å²) in [5.41, 5.74) is 3.05. The maximum absolute atomic E-state index is 10.8. The van der Waals surface area contributed by atoms with Crippen LogP contribution in [0.1, 0.15) is 43.2 Å². The lowest BCUT2D eigenvalue weighted by molar-refractivity contribution is -0.384. The third-order valence-corrected chi connectivity index (χ3v) is 4.29. The smallest absolute Gasteiger partial charge is 0.269 e. The van der Waals surface area contributed by atoms with E-state index in [1.165, 1.54) is 19.3 Å². The van der Waals surface area contributed by atoms with E-state index in [1.807, 2.05) is 30.3 Å². The van der Waals surface area contributed by atoms with E-state index in [0.717, 1.165) is 29.7 Å². The van der Waals surface area contributed by atoms with Crippen LogP contribution >= 0.6 is 0 Å². The van der Waals surface area contributed by atoms with Crippen LogP contribution in [0, 0.1) is 10.1 Å². The summed E-state index contributed by atoms with van der Waals surface area (Å²) in [6.07, 6.45) is 6.02. The largest absolute Gasteiger partial charge is 0.281 e. The Kier molecular flexibility index (Phi) is 4.81. The van der Waals surface area contributed by atoms with Gasteiger partial charge in [0.25, 0.3) is 5.69 Å². The molecule has 0 atom stereocenters. The molecule has 1 saturated carbocycles. The first-order valence-electron chi connectivity index (χ1n) is 8.12. The molecule has 1 fully saturated rings. The van der Waals surface area contributed by atoms with Gasteiger partial charge >= 0.3 is 0 Å². The Hall–Kier alpha value is -2.49. The van der Waals surface area contributed by atoms with E-state index < -0.39 is 0 Å². The standard InChI is InChI=1S/C19H20N2O2/c22-21(23)18-13-11-16(12-14-18)19(15-7-3-1-4-8-15)20-17-9-5-2-6-10-17/h1,3-4,7-8,11-14,17H,2,5-6,9-10H2. The van der Waals surface area contributed by atoms with Gasteiger partial charge in [-0.25, -0.2) is 0 Å². The van der Waals surface area contributed by atoms with Gasteiger partial charge in [0, 0.05) is 23.3 Å². The molecule has 118 valence electrons.